The minimum atomic E-state index is -3.76. The standard InChI is InChI=1S/C17H14ClN5O2S2/c18-15-9-10-16(22-21-15)23-27(24,25)12-7-5-11(6-8-12)19-17-20-13-3-1-2-4-14(13)26-17/h1-10,13-14H,(H,19,20)(H,22,23). The van der Waals surface area contributed by atoms with Crippen molar-refractivity contribution in [2.75, 3.05) is 10.0 Å². The van der Waals surface area contributed by atoms with E-state index in [0.717, 1.165) is 10.9 Å². The predicted octanol–water partition coefficient (Wildman–Crippen LogP) is 3.31. The monoisotopic (exact) mass is 419 g/mol. The Hall–Kier alpha value is -2.36. The van der Waals surface area contributed by atoms with E-state index in [-0.39, 0.29) is 21.9 Å². The first-order chi connectivity index (χ1) is 13.0. The first-order valence-electron chi connectivity index (χ1n) is 7.98. The highest BCUT2D eigenvalue weighted by atomic mass is 35.5. The molecule has 0 bridgehead atoms. The maximum atomic E-state index is 12.4. The van der Waals surface area contributed by atoms with Crippen LogP contribution in [-0.4, -0.2) is 35.1 Å². The molecule has 1 aromatic heterocycles. The van der Waals surface area contributed by atoms with Crippen LogP contribution in [0, 0.1) is 0 Å². The Balaban J connectivity index is 1.45. The molecular formula is C17H14ClN5O2S2. The van der Waals surface area contributed by atoms with Gasteiger partial charge in [-0.2, -0.15) is 0 Å². The van der Waals surface area contributed by atoms with E-state index in [1.165, 1.54) is 24.3 Å². The number of nitrogens with one attached hydrogen (secondary N) is 2. The zero-order chi connectivity index (χ0) is 18.9. The first-order valence-corrected chi connectivity index (χ1v) is 10.7. The Bertz CT molecular complexity index is 1030. The number of sulfonamides is 1. The third-order valence-corrected chi connectivity index (χ3v) is 6.57. The second kappa shape index (κ2) is 7.34. The number of nitrogens with zero attached hydrogens (tertiary/aromatic N) is 3. The molecule has 2 unspecified atom stereocenters. The SMILES string of the molecule is O=S(=O)(Nc1ccc(Cl)nn1)c1ccc(NC2=NC3C=CC=CC3S2)cc1. The number of benzene rings is 1. The summed E-state index contributed by atoms with van der Waals surface area (Å²) < 4.78 is 27.2. The smallest absolute Gasteiger partial charge is 0.263 e. The molecule has 10 heteroatoms. The van der Waals surface area contributed by atoms with Crippen molar-refractivity contribution < 1.29 is 8.42 Å². The molecule has 0 saturated heterocycles. The lowest BCUT2D eigenvalue weighted by atomic mass is 10.1. The average Bonchev–Trinajstić information content (AvgIpc) is 3.06. The van der Waals surface area contributed by atoms with E-state index in [1.54, 1.807) is 23.9 Å². The summed E-state index contributed by atoms with van der Waals surface area (Å²) in [5.74, 6) is 0.0991. The van der Waals surface area contributed by atoms with Gasteiger partial charge in [-0.05, 0) is 36.4 Å². The zero-order valence-corrected chi connectivity index (χ0v) is 16.2. The minimum absolute atomic E-state index is 0.0991. The summed E-state index contributed by atoms with van der Waals surface area (Å²) >= 11 is 7.30. The number of hydrogen-bond donors (Lipinski definition) is 2. The third-order valence-electron chi connectivity index (χ3n) is 3.86. The van der Waals surface area contributed by atoms with Crippen molar-refractivity contribution in [2.45, 2.75) is 16.2 Å². The number of amidine groups is 1. The Labute approximate surface area is 165 Å². The van der Waals surface area contributed by atoms with Crippen LogP contribution in [0.3, 0.4) is 0 Å². The fraction of sp³-hybridized carbons (Fsp3) is 0.118. The molecule has 2 heterocycles. The Morgan fingerprint density at radius 1 is 1.00 bits per heavy atom. The molecule has 2 atom stereocenters. The minimum Gasteiger partial charge on any atom is -0.335 e. The van der Waals surface area contributed by atoms with Crippen LogP contribution in [0.25, 0.3) is 0 Å². The van der Waals surface area contributed by atoms with Gasteiger partial charge in [0.1, 0.15) is 0 Å². The number of thioether (sulfide) groups is 1. The lowest BCUT2D eigenvalue weighted by Crippen LogP contribution is -2.14. The lowest BCUT2D eigenvalue weighted by Gasteiger charge is -2.11. The van der Waals surface area contributed by atoms with Crippen LogP contribution in [-0.2, 0) is 10.0 Å². The highest BCUT2D eigenvalue weighted by molar-refractivity contribution is 8.15. The van der Waals surface area contributed by atoms with Gasteiger partial charge >= 0.3 is 0 Å². The van der Waals surface area contributed by atoms with E-state index in [9.17, 15) is 8.42 Å². The van der Waals surface area contributed by atoms with E-state index in [0.29, 0.717) is 5.25 Å². The number of halogens is 1. The zero-order valence-electron chi connectivity index (χ0n) is 13.8. The highest BCUT2D eigenvalue weighted by Gasteiger charge is 2.27. The summed E-state index contributed by atoms with van der Waals surface area (Å²) in [5.41, 5.74) is 0.762. The number of rotatable bonds is 4. The van der Waals surface area contributed by atoms with Crippen molar-refractivity contribution in [3.63, 3.8) is 0 Å². The highest BCUT2D eigenvalue weighted by Crippen LogP contribution is 2.31. The summed E-state index contributed by atoms with van der Waals surface area (Å²) in [5, 5.41) is 11.8. The maximum Gasteiger partial charge on any atom is 0.263 e. The van der Waals surface area contributed by atoms with Crippen molar-refractivity contribution >= 4 is 50.1 Å². The number of aromatic nitrogens is 2. The van der Waals surface area contributed by atoms with Crippen LogP contribution in [0.15, 0.2) is 70.6 Å². The normalized spacial score (nSPS) is 20.9. The number of anilines is 2. The Morgan fingerprint density at radius 2 is 1.78 bits per heavy atom. The summed E-state index contributed by atoms with van der Waals surface area (Å²) in [4.78, 5) is 4.73. The molecule has 0 radical (unpaired) electrons. The maximum absolute atomic E-state index is 12.4. The molecule has 1 aliphatic carbocycles. The number of fused-ring (bicyclic) bond motifs is 1. The number of hydrogen-bond acceptors (Lipinski definition) is 7. The van der Waals surface area contributed by atoms with Crippen molar-refractivity contribution in [1.82, 2.24) is 10.2 Å². The van der Waals surface area contributed by atoms with Crippen LogP contribution in [0.2, 0.25) is 5.15 Å². The molecule has 4 rings (SSSR count). The largest absolute Gasteiger partial charge is 0.335 e. The van der Waals surface area contributed by atoms with Crippen LogP contribution in [0.1, 0.15) is 0 Å². The number of allylic oxidation sites excluding steroid dienone is 2. The molecule has 7 nitrogen and oxygen atoms in total. The quantitative estimate of drug-likeness (QED) is 0.789. The topological polar surface area (TPSA) is 96.3 Å². The van der Waals surface area contributed by atoms with Gasteiger partial charge in [0.05, 0.1) is 16.2 Å². The molecule has 0 amide bonds. The van der Waals surface area contributed by atoms with Crippen LogP contribution in [0.5, 0.6) is 0 Å². The molecule has 27 heavy (non-hydrogen) atoms. The van der Waals surface area contributed by atoms with Gasteiger partial charge in [-0.1, -0.05) is 47.7 Å². The van der Waals surface area contributed by atoms with Crippen molar-refractivity contribution in [1.29, 1.82) is 0 Å². The van der Waals surface area contributed by atoms with Gasteiger partial charge in [0.2, 0.25) is 0 Å². The summed E-state index contributed by atoms with van der Waals surface area (Å²) in [7, 11) is -3.76. The lowest BCUT2D eigenvalue weighted by molar-refractivity contribution is 0.601. The van der Waals surface area contributed by atoms with Gasteiger partial charge < -0.3 is 5.32 Å². The second-order valence-corrected chi connectivity index (χ2v) is 9.01. The molecule has 1 aliphatic heterocycles. The third kappa shape index (κ3) is 4.15. The van der Waals surface area contributed by atoms with Crippen LogP contribution < -0.4 is 10.0 Å². The Kier molecular flexibility index (Phi) is 4.90. The summed E-state index contributed by atoms with van der Waals surface area (Å²) in [6, 6.07) is 9.47. The van der Waals surface area contributed by atoms with Crippen molar-refractivity contribution in [3.05, 3.63) is 65.9 Å². The average molecular weight is 420 g/mol. The van der Waals surface area contributed by atoms with E-state index < -0.39 is 10.0 Å². The second-order valence-electron chi connectivity index (χ2n) is 5.77. The van der Waals surface area contributed by atoms with Crippen molar-refractivity contribution in [2.24, 2.45) is 4.99 Å². The fourth-order valence-electron chi connectivity index (χ4n) is 2.56. The molecule has 2 N–H and O–H groups in total. The molecule has 1 aromatic carbocycles. The van der Waals surface area contributed by atoms with Gasteiger partial charge in [-0.3, -0.25) is 9.71 Å². The van der Waals surface area contributed by atoms with Gasteiger partial charge in [0.25, 0.3) is 10.0 Å². The Morgan fingerprint density at radius 3 is 2.48 bits per heavy atom. The summed E-state index contributed by atoms with van der Waals surface area (Å²) in [6.07, 6.45) is 8.19. The van der Waals surface area contributed by atoms with Crippen LogP contribution >= 0.6 is 23.4 Å². The van der Waals surface area contributed by atoms with Gasteiger partial charge in [-0.15, -0.1) is 10.2 Å². The molecule has 2 aliphatic rings. The van der Waals surface area contributed by atoms with Gasteiger partial charge in [0, 0.05) is 5.69 Å². The molecule has 2 aromatic rings. The van der Waals surface area contributed by atoms with E-state index in [1.807, 2.05) is 12.2 Å². The molecule has 0 saturated carbocycles. The molecular weight excluding hydrogens is 406 g/mol. The molecule has 138 valence electrons. The molecule has 0 spiro atoms. The van der Waals surface area contributed by atoms with Gasteiger partial charge in [-0.25, -0.2) is 8.42 Å². The van der Waals surface area contributed by atoms with E-state index in [4.69, 9.17) is 11.6 Å². The number of aliphatic imine (C=N–C) groups is 1. The van der Waals surface area contributed by atoms with E-state index >= 15 is 0 Å². The summed E-state index contributed by atoms with van der Waals surface area (Å²) in [6.45, 7) is 0. The van der Waals surface area contributed by atoms with Crippen molar-refractivity contribution in [3.8, 4) is 0 Å². The van der Waals surface area contributed by atoms with E-state index in [2.05, 4.69) is 37.4 Å². The predicted molar refractivity (Wildman–Crippen MR) is 109 cm³/mol. The van der Waals surface area contributed by atoms with Crippen LogP contribution in [0.4, 0.5) is 11.5 Å². The van der Waals surface area contributed by atoms with Gasteiger partial charge in [0.15, 0.2) is 16.1 Å². The first kappa shape index (κ1) is 18.0. The molecule has 0 fully saturated rings. The fourth-order valence-corrected chi connectivity index (χ4v) is 4.74.